The number of nitrogens with zero attached hydrogens (tertiary/aromatic N) is 2. The monoisotopic (exact) mass is 507 g/mol. The number of anilines is 1. The summed E-state index contributed by atoms with van der Waals surface area (Å²) < 4.78 is 45.0. The molecule has 0 radical (unpaired) electrons. The number of hydrogen-bond acceptors (Lipinski definition) is 5. The highest BCUT2D eigenvalue weighted by Crippen LogP contribution is 2.22. The molecule has 0 saturated carbocycles. The van der Waals surface area contributed by atoms with E-state index in [0.717, 1.165) is 10.6 Å². The van der Waals surface area contributed by atoms with E-state index in [0.29, 0.717) is 30.0 Å². The average Bonchev–Trinajstić information content (AvgIpc) is 2.81. The average molecular weight is 508 g/mol. The summed E-state index contributed by atoms with van der Waals surface area (Å²) >= 11 is 0. The molecule has 2 aromatic rings. The largest absolute Gasteiger partial charge is 0.494 e. The third-order valence-electron chi connectivity index (χ3n) is 5.55. The molecule has 0 aliphatic carbocycles. The van der Waals surface area contributed by atoms with Crippen LogP contribution < -0.4 is 14.4 Å². The molecule has 0 aliphatic heterocycles. The highest BCUT2D eigenvalue weighted by atomic mass is 32.2. The molecule has 0 fully saturated rings. The Morgan fingerprint density at radius 1 is 1.03 bits per heavy atom. The highest BCUT2D eigenvalue weighted by Gasteiger charge is 2.30. The van der Waals surface area contributed by atoms with E-state index in [4.69, 9.17) is 4.74 Å². The molecule has 0 unspecified atom stereocenters. The maximum atomic E-state index is 13.5. The normalized spacial score (nSPS) is 13.0. The Morgan fingerprint density at radius 2 is 1.63 bits per heavy atom. The first-order valence-corrected chi connectivity index (χ1v) is 13.4. The number of nitrogens with one attached hydrogen (secondary N) is 1. The Bertz CT molecular complexity index is 1090. The van der Waals surface area contributed by atoms with Gasteiger partial charge in [0.2, 0.25) is 21.8 Å². The molecule has 35 heavy (non-hydrogen) atoms. The van der Waals surface area contributed by atoms with Crippen molar-refractivity contribution in [2.24, 2.45) is 0 Å². The van der Waals surface area contributed by atoms with Crippen molar-refractivity contribution in [1.29, 1.82) is 0 Å². The first-order chi connectivity index (χ1) is 16.5. The Hall–Kier alpha value is -3.14. The summed E-state index contributed by atoms with van der Waals surface area (Å²) in [4.78, 5) is 27.6. The number of carbonyl (C=O) groups is 2. The van der Waals surface area contributed by atoms with Gasteiger partial charge in [0.05, 0.1) is 18.6 Å². The van der Waals surface area contributed by atoms with Crippen LogP contribution in [-0.4, -0.2) is 56.6 Å². The molecule has 1 N–H and O–H groups in total. The van der Waals surface area contributed by atoms with E-state index >= 15 is 0 Å². The molecule has 0 aliphatic rings. The van der Waals surface area contributed by atoms with Crippen LogP contribution >= 0.6 is 0 Å². The summed E-state index contributed by atoms with van der Waals surface area (Å²) in [6.45, 7) is 7.17. The predicted octanol–water partition coefficient (Wildman–Crippen LogP) is 3.32. The van der Waals surface area contributed by atoms with Gasteiger partial charge in [-0.2, -0.15) is 0 Å². The third kappa shape index (κ3) is 8.24. The van der Waals surface area contributed by atoms with Crippen molar-refractivity contribution in [3.63, 3.8) is 0 Å². The van der Waals surface area contributed by atoms with E-state index in [-0.39, 0.29) is 18.5 Å². The molecule has 192 valence electrons. The van der Waals surface area contributed by atoms with Crippen LogP contribution in [-0.2, 0) is 26.2 Å². The summed E-state index contributed by atoms with van der Waals surface area (Å²) in [7, 11) is -3.82. The summed E-state index contributed by atoms with van der Waals surface area (Å²) in [5, 5.41) is 2.85. The first-order valence-electron chi connectivity index (χ1n) is 11.5. The van der Waals surface area contributed by atoms with Gasteiger partial charge in [-0.25, -0.2) is 12.8 Å². The SMILES string of the molecule is CCOc1ccc(N(CC(=O)N(Cc2ccc(F)cc2)[C@@H](C)C(=O)N[C@@H](C)CC)S(C)(=O)=O)cc1. The molecule has 2 aromatic carbocycles. The summed E-state index contributed by atoms with van der Waals surface area (Å²) in [5.74, 6) is -0.778. The van der Waals surface area contributed by atoms with Crippen LogP contribution in [0.2, 0.25) is 0 Å². The minimum Gasteiger partial charge on any atom is -0.494 e. The number of amides is 2. The second-order valence-electron chi connectivity index (χ2n) is 8.34. The number of ether oxygens (including phenoxy) is 1. The zero-order chi connectivity index (χ0) is 26.2. The molecule has 0 bridgehead atoms. The van der Waals surface area contributed by atoms with Gasteiger partial charge in [-0.3, -0.25) is 13.9 Å². The molecule has 10 heteroatoms. The van der Waals surface area contributed by atoms with E-state index in [1.54, 1.807) is 31.2 Å². The minimum atomic E-state index is -3.82. The third-order valence-corrected chi connectivity index (χ3v) is 6.69. The van der Waals surface area contributed by atoms with Gasteiger partial charge >= 0.3 is 0 Å². The van der Waals surface area contributed by atoms with E-state index in [1.807, 2.05) is 20.8 Å². The van der Waals surface area contributed by atoms with Gasteiger partial charge in [-0.05, 0) is 69.2 Å². The van der Waals surface area contributed by atoms with Crippen molar-refractivity contribution in [1.82, 2.24) is 10.2 Å². The van der Waals surface area contributed by atoms with Crippen molar-refractivity contribution < 1.29 is 27.1 Å². The van der Waals surface area contributed by atoms with Gasteiger partial charge in [0, 0.05) is 12.6 Å². The molecule has 0 saturated heterocycles. The maximum Gasteiger partial charge on any atom is 0.244 e. The Kier molecular flexibility index (Phi) is 10.1. The lowest BCUT2D eigenvalue weighted by molar-refractivity contribution is -0.139. The molecule has 2 rings (SSSR count). The number of carbonyl (C=O) groups excluding carboxylic acids is 2. The zero-order valence-electron chi connectivity index (χ0n) is 20.8. The van der Waals surface area contributed by atoms with Gasteiger partial charge in [-0.15, -0.1) is 0 Å². The fourth-order valence-electron chi connectivity index (χ4n) is 3.32. The molecule has 8 nitrogen and oxygen atoms in total. The summed E-state index contributed by atoms with van der Waals surface area (Å²) in [5.41, 5.74) is 0.901. The first kappa shape index (κ1) is 28.1. The van der Waals surface area contributed by atoms with Crippen LogP contribution in [0, 0.1) is 5.82 Å². The molecule has 0 aromatic heterocycles. The van der Waals surface area contributed by atoms with E-state index in [9.17, 15) is 22.4 Å². The van der Waals surface area contributed by atoms with E-state index in [2.05, 4.69) is 5.32 Å². The molecular formula is C25H34FN3O5S. The van der Waals surface area contributed by atoms with E-state index < -0.39 is 34.3 Å². The van der Waals surface area contributed by atoms with E-state index in [1.165, 1.54) is 29.2 Å². The number of hydrogen-bond donors (Lipinski definition) is 1. The molecule has 0 heterocycles. The second kappa shape index (κ2) is 12.5. The lowest BCUT2D eigenvalue weighted by atomic mass is 10.1. The van der Waals surface area contributed by atoms with Crippen molar-refractivity contribution in [2.75, 3.05) is 23.7 Å². The van der Waals surface area contributed by atoms with Crippen LogP contribution in [0.25, 0.3) is 0 Å². The van der Waals surface area contributed by atoms with Crippen LogP contribution in [0.3, 0.4) is 0 Å². The van der Waals surface area contributed by atoms with Crippen molar-refractivity contribution in [3.8, 4) is 5.75 Å². The Balaban J connectivity index is 2.35. The molecule has 0 spiro atoms. The molecular weight excluding hydrogens is 473 g/mol. The van der Waals surface area contributed by atoms with Crippen molar-refractivity contribution in [3.05, 3.63) is 59.9 Å². The standard InChI is InChI=1S/C25H34FN3O5S/c1-6-18(3)27-25(31)19(4)28(16-20-8-10-21(26)11-9-20)24(30)17-29(35(5,32)33)22-12-14-23(15-13-22)34-7-2/h8-15,18-19H,6-7,16-17H2,1-5H3,(H,27,31)/t18-,19-/m0/s1. The van der Waals surface area contributed by atoms with Gasteiger partial charge < -0.3 is 15.0 Å². The second-order valence-corrected chi connectivity index (χ2v) is 10.2. The number of halogens is 1. The minimum absolute atomic E-state index is 0.00901. The zero-order valence-corrected chi connectivity index (χ0v) is 21.6. The number of rotatable bonds is 12. The lowest BCUT2D eigenvalue weighted by Gasteiger charge is -2.32. The lowest BCUT2D eigenvalue weighted by Crippen LogP contribution is -2.52. The summed E-state index contributed by atoms with van der Waals surface area (Å²) in [6, 6.07) is 11.0. The van der Waals surface area contributed by atoms with Crippen LogP contribution in [0.5, 0.6) is 5.75 Å². The van der Waals surface area contributed by atoms with Gasteiger partial charge in [0.1, 0.15) is 24.2 Å². The molecule has 2 atom stereocenters. The van der Waals surface area contributed by atoms with Gasteiger partial charge in [-0.1, -0.05) is 19.1 Å². The quantitative estimate of drug-likeness (QED) is 0.476. The van der Waals surface area contributed by atoms with Crippen LogP contribution in [0.1, 0.15) is 39.7 Å². The number of sulfonamides is 1. The summed E-state index contributed by atoms with van der Waals surface area (Å²) in [6.07, 6.45) is 1.73. The highest BCUT2D eigenvalue weighted by molar-refractivity contribution is 7.92. The van der Waals surface area contributed by atoms with Crippen molar-refractivity contribution >= 4 is 27.5 Å². The van der Waals surface area contributed by atoms with Gasteiger partial charge in [0.25, 0.3) is 0 Å². The van der Waals surface area contributed by atoms with Crippen LogP contribution in [0.15, 0.2) is 48.5 Å². The van der Waals surface area contributed by atoms with Gasteiger partial charge in [0.15, 0.2) is 0 Å². The Labute approximate surface area is 207 Å². The predicted molar refractivity (Wildman–Crippen MR) is 134 cm³/mol. The smallest absolute Gasteiger partial charge is 0.244 e. The van der Waals surface area contributed by atoms with Crippen LogP contribution in [0.4, 0.5) is 10.1 Å². The fourth-order valence-corrected chi connectivity index (χ4v) is 4.17. The fraction of sp³-hybridized carbons (Fsp3) is 0.440. The Morgan fingerprint density at radius 3 is 2.14 bits per heavy atom. The molecule has 2 amide bonds. The maximum absolute atomic E-state index is 13.5. The number of benzene rings is 2. The topological polar surface area (TPSA) is 96.0 Å². The van der Waals surface area contributed by atoms with Crippen molar-refractivity contribution in [2.45, 2.75) is 52.7 Å².